The molecule has 0 atom stereocenters. The topological polar surface area (TPSA) is 15.3 Å². The van der Waals surface area contributed by atoms with Crippen LogP contribution in [0.1, 0.15) is 32.8 Å². The fourth-order valence-corrected chi connectivity index (χ4v) is 1.65. The summed E-state index contributed by atoms with van der Waals surface area (Å²) in [5.41, 5.74) is 1.94. The monoisotopic (exact) mass is 238 g/mol. The predicted octanol–water partition coefficient (Wildman–Crippen LogP) is 3.17. The highest BCUT2D eigenvalue weighted by atomic mass is 19.1. The smallest absolute Gasteiger partial charge is 0.125 e. The summed E-state index contributed by atoms with van der Waals surface area (Å²) >= 11 is 0. The Hall–Kier alpha value is -1.09. The maximum atomic E-state index is 13.5. The molecule has 17 heavy (non-hydrogen) atoms. The van der Waals surface area contributed by atoms with Crippen molar-refractivity contribution in [1.29, 1.82) is 0 Å². The summed E-state index contributed by atoms with van der Waals surface area (Å²) in [4.78, 5) is 2.08. The van der Waals surface area contributed by atoms with Gasteiger partial charge in [0, 0.05) is 25.3 Å². The maximum Gasteiger partial charge on any atom is 0.125 e. The molecule has 0 radical (unpaired) electrons. The SMILES string of the molecule is CCCNCc1cc(F)cc(N(C)C(C)C)c1. The summed E-state index contributed by atoms with van der Waals surface area (Å²) in [5.74, 6) is -0.164. The fraction of sp³-hybridized carbons (Fsp3) is 0.571. The highest BCUT2D eigenvalue weighted by molar-refractivity contribution is 5.49. The van der Waals surface area contributed by atoms with Gasteiger partial charge in [0.15, 0.2) is 0 Å². The molecule has 0 aliphatic carbocycles. The second-order valence-corrected chi connectivity index (χ2v) is 4.70. The molecule has 0 bridgehead atoms. The second kappa shape index (κ2) is 6.60. The van der Waals surface area contributed by atoms with Gasteiger partial charge in [0.1, 0.15) is 5.82 Å². The number of nitrogens with zero attached hydrogens (tertiary/aromatic N) is 1. The van der Waals surface area contributed by atoms with Crippen LogP contribution in [0.15, 0.2) is 18.2 Å². The minimum absolute atomic E-state index is 0.164. The van der Waals surface area contributed by atoms with Gasteiger partial charge in [0.25, 0.3) is 0 Å². The molecule has 1 rings (SSSR count). The summed E-state index contributed by atoms with van der Waals surface area (Å²) in [6.45, 7) is 8.01. The molecule has 0 aliphatic rings. The molecule has 1 N–H and O–H groups in total. The van der Waals surface area contributed by atoms with E-state index in [4.69, 9.17) is 0 Å². The summed E-state index contributed by atoms with van der Waals surface area (Å²) in [6.07, 6.45) is 1.09. The summed E-state index contributed by atoms with van der Waals surface area (Å²) in [5, 5.41) is 3.29. The van der Waals surface area contributed by atoms with E-state index in [0.717, 1.165) is 30.8 Å². The fourth-order valence-electron chi connectivity index (χ4n) is 1.65. The van der Waals surface area contributed by atoms with E-state index in [9.17, 15) is 4.39 Å². The molecule has 0 saturated heterocycles. The van der Waals surface area contributed by atoms with Gasteiger partial charge < -0.3 is 10.2 Å². The van der Waals surface area contributed by atoms with Gasteiger partial charge in [-0.3, -0.25) is 0 Å². The van der Waals surface area contributed by atoms with Crippen LogP contribution in [0.25, 0.3) is 0 Å². The van der Waals surface area contributed by atoms with Crippen LogP contribution >= 0.6 is 0 Å². The number of nitrogens with one attached hydrogen (secondary N) is 1. The Morgan fingerprint density at radius 2 is 2.00 bits per heavy atom. The van der Waals surface area contributed by atoms with E-state index in [1.165, 1.54) is 0 Å². The Labute approximate surface area is 104 Å². The van der Waals surface area contributed by atoms with Crippen LogP contribution in [0.2, 0.25) is 0 Å². The molecule has 0 aromatic heterocycles. The molecule has 3 heteroatoms. The second-order valence-electron chi connectivity index (χ2n) is 4.70. The van der Waals surface area contributed by atoms with Crippen LogP contribution in [0.5, 0.6) is 0 Å². The van der Waals surface area contributed by atoms with Gasteiger partial charge in [-0.1, -0.05) is 6.92 Å². The van der Waals surface area contributed by atoms with Gasteiger partial charge >= 0.3 is 0 Å². The molecular formula is C14H23FN2. The van der Waals surface area contributed by atoms with Crippen molar-refractivity contribution in [3.63, 3.8) is 0 Å². The number of halogens is 1. The molecule has 1 aromatic rings. The van der Waals surface area contributed by atoms with E-state index in [1.54, 1.807) is 12.1 Å². The lowest BCUT2D eigenvalue weighted by Crippen LogP contribution is -2.26. The van der Waals surface area contributed by atoms with Gasteiger partial charge in [-0.2, -0.15) is 0 Å². The Morgan fingerprint density at radius 3 is 2.59 bits per heavy atom. The number of hydrogen-bond donors (Lipinski definition) is 1. The van der Waals surface area contributed by atoms with E-state index in [2.05, 4.69) is 31.0 Å². The Bertz CT molecular complexity index is 350. The lowest BCUT2D eigenvalue weighted by Gasteiger charge is -2.24. The molecule has 0 fully saturated rings. The third-order valence-corrected chi connectivity index (χ3v) is 2.88. The van der Waals surface area contributed by atoms with Crippen LogP contribution in [0, 0.1) is 5.82 Å². The molecule has 96 valence electrons. The molecular weight excluding hydrogens is 215 g/mol. The van der Waals surface area contributed by atoms with Crippen molar-refractivity contribution in [2.24, 2.45) is 0 Å². The first-order valence-corrected chi connectivity index (χ1v) is 6.27. The lowest BCUT2D eigenvalue weighted by molar-refractivity contribution is 0.617. The largest absolute Gasteiger partial charge is 0.372 e. The molecule has 0 spiro atoms. The molecule has 0 heterocycles. The molecule has 0 aliphatic heterocycles. The van der Waals surface area contributed by atoms with Crippen LogP contribution in [0.4, 0.5) is 10.1 Å². The van der Waals surface area contributed by atoms with Crippen molar-refractivity contribution >= 4 is 5.69 Å². The number of anilines is 1. The zero-order chi connectivity index (χ0) is 12.8. The molecule has 0 amide bonds. The highest BCUT2D eigenvalue weighted by Crippen LogP contribution is 2.19. The van der Waals surface area contributed by atoms with Gasteiger partial charge in [-0.05, 0) is 50.6 Å². The van der Waals surface area contributed by atoms with Crippen LogP contribution < -0.4 is 10.2 Å². The van der Waals surface area contributed by atoms with Gasteiger partial charge in [-0.25, -0.2) is 4.39 Å². The average molecular weight is 238 g/mol. The van der Waals surface area contributed by atoms with Gasteiger partial charge in [-0.15, -0.1) is 0 Å². The van der Waals surface area contributed by atoms with Crippen molar-refractivity contribution in [2.75, 3.05) is 18.5 Å². The van der Waals surface area contributed by atoms with E-state index >= 15 is 0 Å². The molecule has 2 nitrogen and oxygen atoms in total. The minimum atomic E-state index is -0.164. The molecule has 1 aromatic carbocycles. The number of hydrogen-bond acceptors (Lipinski definition) is 2. The van der Waals surface area contributed by atoms with Crippen molar-refractivity contribution < 1.29 is 4.39 Å². The van der Waals surface area contributed by atoms with E-state index < -0.39 is 0 Å². The normalized spacial score (nSPS) is 10.9. The summed E-state index contributed by atoms with van der Waals surface area (Å²) in [7, 11) is 1.99. The van der Waals surface area contributed by atoms with Crippen molar-refractivity contribution in [3.05, 3.63) is 29.6 Å². The van der Waals surface area contributed by atoms with Gasteiger partial charge in [0.2, 0.25) is 0 Å². The van der Waals surface area contributed by atoms with Crippen molar-refractivity contribution in [2.45, 2.75) is 39.8 Å². The van der Waals surface area contributed by atoms with Gasteiger partial charge in [0.05, 0.1) is 0 Å². The summed E-state index contributed by atoms with van der Waals surface area (Å²) < 4.78 is 13.5. The Morgan fingerprint density at radius 1 is 1.29 bits per heavy atom. The molecule has 0 unspecified atom stereocenters. The zero-order valence-electron chi connectivity index (χ0n) is 11.3. The first kappa shape index (κ1) is 14.0. The average Bonchev–Trinajstić information content (AvgIpc) is 2.27. The van der Waals surface area contributed by atoms with E-state index in [0.29, 0.717) is 6.04 Å². The first-order valence-electron chi connectivity index (χ1n) is 6.27. The third-order valence-electron chi connectivity index (χ3n) is 2.88. The van der Waals surface area contributed by atoms with E-state index in [1.807, 2.05) is 13.1 Å². The third kappa shape index (κ3) is 4.35. The van der Waals surface area contributed by atoms with Crippen LogP contribution in [-0.2, 0) is 6.54 Å². The summed E-state index contributed by atoms with van der Waals surface area (Å²) in [6, 6.07) is 5.60. The standard InChI is InChI=1S/C14H23FN2/c1-5-6-16-10-12-7-13(15)9-14(8-12)17(4)11(2)3/h7-9,11,16H,5-6,10H2,1-4H3. The Balaban J connectivity index is 2.79. The highest BCUT2D eigenvalue weighted by Gasteiger charge is 2.07. The van der Waals surface area contributed by atoms with Crippen molar-refractivity contribution in [3.8, 4) is 0 Å². The zero-order valence-corrected chi connectivity index (χ0v) is 11.3. The maximum absolute atomic E-state index is 13.5. The predicted molar refractivity (Wildman–Crippen MR) is 71.9 cm³/mol. The van der Waals surface area contributed by atoms with E-state index in [-0.39, 0.29) is 5.82 Å². The lowest BCUT2D eigenvalue weighted by atomic mass is 10.1. The Kier molecular flexibility index (Phi) is 5.42. The van der Waals surface area contributed by atoms with Crippen LogP contribution in [0.3, 0.4) is 0 Å². The first-order chi connectivity index (χ1) is 8.04. The number of rotatable bonds is 6. The van der Waals surface area contributed by atoms with Crippen molar-refractivity contribution in [1.82, 2.24) is 5.32 Å². The molecule has 0 saturated carbocycles. The van der Waals surface area contributed by atoms with Crippen LogP contribution in [-0.4, -0.2) is 19.6 Å². The minimum Gasteiger partial charge on any atom is -0.372 e. The quantitative estimate of drug-likeness (QED) is 0.766. The number of benzene rings is 1.